The molecule has 1 atom stereocenters. The van der Waals surface area contributed by atoms with Crippen molar-refractivity contribution in [2.75, 3.05) is 23.6 Å². The molecule has 29 heavy (non-hydrogen) atoms. The highest BCUT2D eigenvalue weighted by Crippen LogP contribution is 2.35. The number of benzene rings is 3. The fraction of sp³-hybridized carbons (Fsp3) is 0.125. The minimum atomic E-state index is -0.526. The molecule has 3 aromatic rings. The van der Waals surface area contributed by atoms with Gasteiger partial charge >= 0.3 is 0 Å². The number of hydrogen-bond acceptors (Lipinski definition) is 4. The maximum Gasteiger partial charge on any atom is 0.251 e. The van der Waals surface area contributed by atoms with Crippen molar-refractivity contribution in [3.63, 3.8) is 0 Å². The first-order valence-electron chi connectivity index (χ1n) is 9.44. The van der Waals surface area contributed by atoms with Crippen LogP contribution in [0.15, 0.2) is 91.5 Å². The van der Waals surface area contributed by atoms with E-state index in [4.69, 9.17) is 9.47 Å². The second-order valence-corrected chi connectivity index (χ2v) is 6.65. The molecule has 0 aromatic heterocycles. The number of hydrogen-bond donors (Lipinski definition) is 1. The van der Waals surface area contributed by atoms with Gasteiger partial charge in [-0.05, 0) is 29.8 Å². The van der Waals surface area contributed by atoms with Crippen molar-refractivity contribution in [1.29, 1.82) is 0 Å². The van der Waals surface area contributed by atoms with Crippen LogP contribution in [0.1, 0.15) is 11.6 Å². The van der Waals surface area contributed by atoms with Crippen LogP contribution in [0.5, 0.6) is 11.5 Å². The van der Waals surface area contributed by atoms with E-state index in [2.05, 4.69) is 11.9 Å². The Morgan fingerprint density at radius 2 is 1.69 bits per heavy atom. The van der Waals surface area contributed by atoms with E-state index in [0.717, 1.165) is 11.3 Å². The highest BCUT2D eigenvalue weighted by Gasteiger charge is 2.28. The van der Waals surface area contributed by atoms with Crippen molar-refractivity contribution in [2.45, 2.75) is 6.04 Å². The highest BCUT2D eigenvalue weighted by molar-refractivity contribution is 5.98. The predicted molar refractivity (Wildman–Crippen MR) is 114 cm³/mol. The van der Waals surface area contributed by atoms with Crippen LogP contribution in [0.4, 0.5) is 11.4 Å². The summed E-state index contributed by atoms with van der Waals surface area (Å²) in [6.45, 7) is 4.60. The molecule has 5 nitrogen and oxygen atoms in total. The number of nitrogens with one attached hydrogen (secondary N) is 1. The third-order valence-corrected chi connectivity index (χ3v) is 4.73. The normalized spacial score (nSPS) is 12.8. The van der Waals surface area contributed by atoms with E-state index in [-0.39, 0.29) is 12.7 Å². The summed E-state index contributed by atoms with van der Waals surface area (Å²) in [6.07, 6.45) is 1.80. The second kappa shape index (κ2) is 8.52. The van der Waals surface area contributed by atoms with Gasteiger partial charge in [0.2, 0.25) is 6.79 Å². The molecule has 146 valence electrons. The monoisotopic (exact) mass is 386 g/mol. The molecular weight excluding hydrogens is 364 g/mol. The fourth-order valence-electron chi connectivity index (χ4n) is 3.41. The maximum atomic E-state index is 13.4. The molecule has 0 saturated heterocycles. The molecule has 1 N–H and O–H groups in total. The Morgan fingerprint density at radius 3 is 2.41 bits per heavy atom. The molecule has 0 saturated carbocycles. The van der Waals surface area contributed by atoms with Gasteiger partial charge in [-0.25, -0.2) is 0 Å². The summed E-state index contributed by atoms with van der Waals surface area (Å²) < 4.78 is 10.8. The summed E-state index contributed by atoms with van der Waals surface area (Å²) in [5, 5.41) is 3.03. The standard InChI is InChI=1S/C24H22N2O3/c1-2-15-26(20-11-7-4-8-12-20)23(18-9-5-3-6-10-18)24(27)25-19-13-14-21-22(16-19)29-17-28-21/h2-14,16,23H,1,15,17H2,(H,25,27). The number of rotatable bonds is 7. The SMILES string of the molecule is C=CCN(c1ccccc1)C(C(=O)Nc1ccc2c(c1)OCO2)c1ccccc1. The van der Waals surface area contributed by atoms with Crippen LogP contribution in [0.3, 0.4) is 0 Å². The van der Waals surface area contributed by atoms with Gasteiger partial charge in [0.1, 0.15) is 6.04 Å². The van der Waals surface area contributed by atoms with Crippen LogP contribution >= 0.6 is 0 Å². The van der Waals surface area contributed by atoms with Crippen molar-refractivity contribution >= 4 is 17.3 Å². The minimum absolute atomic E-state index is 0.138. The molecule has 5 heteroatoms. The average molecular weight is 386 g/mol. The van der Waals surface area contributed by atoms with E-state index in [1.807, 2.05) is 71.6 Å². The van der Waals surface area contributed by atoms with Crippen LogP contribution in [-0.4, -0.2) is 19.2 Å². The summed E-state index contributed by atoms with van der Waals surface area (Å²) >= 11 is 0. The van der Waals surface area contributed by atoms with Gasteiger partial charge in [-0.2, -0.15) is 0 Å². The summed E-state index contributed by atoms with van der Waals surface area (Å²) in [6, 6.07) is 24.5. The maximum absolute atomic E-state index is 13.4. The molecule has 1 amide bonds. The molecular formula is C24H22N2O3. The van der Waals surface area contributed by atoms with Crippen LogP contribution in [-0.2, 0) is 4.79 Å². The van der Waals surface area contributed by atoms with Gasteiger partial charge in [0.15, 0.2) is 11.5 Å². The number of carbonyl (C=O) groups excluding carboxylic acids is 1. The van der Waals surface area contributed by atoms with Crippen molar-refractivity contribution in [2.24, 2.45) is 0 Å². The predicted octanol–water partition coefficient (Wildman–Crippen LogP) is 4.79. The van der Waals surface area contributed by atoms with E-state index in [9.17, 15) is 4.79 Å². The van der Waals surface area contributed by atoms with E-state index >= 15 is 0 Å². The molecule has 1 aliphatic heterocycles. The Morgan fingerprint density at radius 1 is 1.00 bits per heavy atom. The van der Waals surface area contributed by atoms with Gasteiger partial charge in [0, 0.05) is 24.0 Å². The Kier molecular flexibility index (Phi) is 5.47. The van der Waals surface area contributed by atoms with Crippen molar-refractivity contribution in [3.05, 3.63) is 97.1 Å². The zero-order chi connectivity index (χ0) is 20.1. The number of anilines is 2. The van der Waals surface area contributed by atoms with Crippen LogP contribution in [0.25, 0.3) is 0 Å². The Labute approximate surface area is 170 Å². The Balaban J connectivity index is 1.68. The summed E-state index contributed by atoms with van der Waals surface area (Å²) in [7, 11) is 0. The summed E-state index contributed by atoms with van der Waals surface area (Å²) in [5.41, 5.74) is 2.50. The van der Waals surface area contributed by atoms with Crippen LogP contribution < -0.4 is 19.7 Å². The first-order valence-corrected chi connectivity index (χ1v) is 9.44. The summed E-state index contributed by atoms with van der Waals surface area (Å²) in [5.74, 6) is 1.17. The molecule has 1 heterocycles. The lowest BCUT2D eigenvalue weighted by Gasteiger charge is -2.32. The molecule has 0 bridgehead atoms. The Bertz CT molecular complexity index is 990. The molecule has 4 rings (SSSR count). The first kappa shape index (κ1) is 18.6. The van der Waals surface area contributed by atoms with Gasteiger partial charge in [0.25, 0.3) is 5.91 Å². The molecule has 0 aliphatic carbocycles. The number of ether oxygens (including phenoxy) is 2. The fourth-order valence-corrected chi connectivity index (χ4v) is 3.41. The summed E-state index contributed by atoms with van der Waals surface area (Å²) in [4.78, 5) is 15.5. The zero-order valence-electron chi connectivity index (χ0n) is 16.0. The van der Waals surface area contributed by atoms with Gasteiger partial charge in [-0.3, -0.25) is 4.79 Å². The lowest BCUT2D eigenvalue weighted by molar-refractivity contribution is -0.117. The zero-order valence-corrected chi connectivity index (χ0v) is 16.0. The third kappa shape index (κ3) is 4.09. The first-order chi connectivity index (χ1) is 14.3. The van der Waals surface area contributed by atoms with E-state index in [0.29, 0.717) is 23.7 Å². The van der Waals surface area contributed by atoms with E-state index < -0.39 is 6.04 Å². The Hall–Kier alpha value is -3.73. The number of fused-ring (bicyclic) bond motifs is 1. The van der Waals surface area contributed by atoms with E-state index in [1.54, 1.807) is 18.2 Å². The molecule has 3 aromatic carbocycles. The topological polar surface area (TPSA) is 50.8 Å². The smallest absolute Gasteiger partial charge is 0.251 e. The third-order valence-electron chi connectivity index (χ3n) is 4.73. The molecule has 1 aliphatic rings. The van der Waals surface area contributed by atoms with Crippen molar-refractivity contribution in [3.8, 4) is 11.5 Å². The lowest BCUT2D eigenvalue weighted by Crippen LogP contribution is -2.37. The highest BCUT2D eigenvalue weighted by atomic mass is 16.7. The minimum Gasteiger partial charge on any atom is -0.454 e. The van der Waals surface area contributed by atoms with Gasteiger partial charge < -0.3 is 19.7 Å². The number of amides is 1. The van der Waals surface area contributed by atoms with Crippen LogP contribution in [0, 0.1) is 0 Å². The molecule has 0 spiro atoms. The largest absolute Gasteiger partial charge is 0.454 e. The average Bonchev–Trinajstić information content (AvgIpc) is 3.23. The van der Waals surface area contributed by atoms with Crippen molar-refractivity contribution in [1.82, 2.24) is 0 Å². The van der Waals surface area contributed by atoms with E-state index in [1.165, 1.54) is 0 Å². The van der Waals surface area contributed by atoms with Crippen LogP contribution in [0.2, 0.25) is 0 Å². The van der Waals surface area contributed by atoms with Gasteiger partial charge in [-0.15, -0.1) is 6.58 Å². The number of nitrogens with zero attached hydrogens (tertiary/aromatic N) is 1. The number of carbonyl (C=O) groups is 1. The second-order valence-electron chi connectivity index (χ2n) is 6.65. The quantitative estimate of drug-likeness (QED) is 0.593. The van der Waals surface area contributed by atoms with Gasteiger partial charge in [0.05, 0.1) is 0 Å². The number of para-hydroxylation sites is 1. The van der Waals surface area contributed by atoms with Crippen molar-refractivity contribution < 1.29 is 14.3 Å². The molecule has 0 radical (unpaired) electrons. The van der Waals surface area contributed by atoms with Gasteiger partial charge in [-0.1, -0.05) is 54.6 Å². The molecule has 0 fully saturated rings. The lowest BCUT2D eigenvalue weighted by atomic mass is 10.0. The molecule has 1 unspecified atom stereocenters.